The number of fused-ring (bicyclic) bond motifs is 1. The molecule has 2 rings (SSSR count). The highest BCUT2D eigenvalue weighted by molar-refractivity contribution is 7.98. The Kier molecular flexibility index (Phi) is 3.98. The Morgan fingerprint density at radius 1 is 1.58 bits per heavy atom. The van der Waals surface area contributed by atoms with Crippen LogP contribution in [0.4, 0.5) is 5.82 Å². The van der Waals surface area contributed by atoms with Gasteiger partial charge in [0.15, 0.2) is 16.6 Å². The fraction of sp³-hybridized carbons (Fsp3) is 0.400. The molecule has 8 nitrogen and oxygen atoms in total. The van der Waals surface area contributed by atoms with Gasteiger partial charge in [0.2, 0.25) is 5.91 Å². The van der Waals surface area contributed by atoms with Crippen LogP contribution < -0.4 is 11.1 Å². The monoisotopic (exact) mass is 282 g/mol. The maximum atomic E-state index is 11.8. The number of aromatic amines is 1. The number of nitrogens with one attached hydrogen (secondary N) is 2. The molecule has 0 aliphatic rings. The lowest BCUT2D eigenvalue weighted by Crippen LogP contribution is -2.43. The van der Waals surface area contributed by atoms with Gasteiger partial charge in [-0.15, -0.1) is 0 Å². The number of amides is 1. The molecular weight excluding hydrogens is 268 g/mol. The van der Waals surface area contributed by atoms with Gasteiger partial charge in [-0.1, -0.05) is 11.8 Å². The molecule has 9 heteroatoms. The largest absolute Gasteiger partial charge is 0.391 e. The summed E-state index contributed by atoms with van der Waals surface area (Å²) in [5, 5.41) is 12.4. The number of carbonyl (C=O) groups excluding carboxylic acids is 1. The summed E-state index contributed by atoms with van der Waals surface area (Å²) in [7, 11) is 0. The van der Waals surface area contributed by atoms with Crippen LogP contribution in [0.5, 0.6) is 0 Å². The lowest BCUT2D eigenvalue weighted by Gasteiger charge is -2.14. The quantitative estimate of drug-likeness (QED) is 0.448. The van der Waals surface area contributed by atoms with E-state index in [0.717, 1.165) is 0 Å². The standard InChI is InChI=1S/C10H14N6O2S/c1-4(17)5(11)9(18)14-8-6-7(13-3-12-6)15-10(16-8)19-2/h3-5,17H,11H2,1-2H3,(H2,12,13,14,15,16,18). The number of imidazole rings is 1. The Bertz CT molecular complexity index is 599. The first-order valence-electron chi connectivity index (χ1n) is 5.52. The van der Waals surface area contributed by atoms with E-state index >= 15 is 0 Å². The van der Waals surface area contributed by atoms with Crippen molar-refractivity contribution in [3.63, 3.8) is 0 Å². The Balaban J connectivity index is 2.33. The second kappa shape index (κ2) is 5.51. The summed E-state index contributed by atoms with van der Waals surface area (Å²) >= 11 is 1.33. The predicted octanol–water partition coefficient (Wildman–Crippen LogP) is -0.279. The molecular formula is C10H14N6O2S. The van der Waals surface area contributed by atoms with E-state index in [1.165, 1.54) is 25.0 Å². The molecule has 2 unspecified atom stereocenters. The highest BCUT2D eigenvalue weighted by Gasteiger charge is 2.21. The minimum atomic E-state index is -1.02. The molecule has 1 amide bonds. The number of carbonyl (C=O) groups is 1. The lowest BCUT2D eigenvalue weighted by molar-refractivity contribution is -0.119. The van der Waals surface area contributed by atoms with Crippen LogP contribution in [0.25, 0.3) is 11.2 Å². The number of aromatic nitrogens is 4. The third kappa shape index (κ3) is 2.83. The molecule has 0 aliphatic carbocycles. The highest BCUT2D eigenvalue weighted by Crippen LogP contribution is 2.20. The minimum absolute atomic E-state index is 0.299. The number of thioether (sulfide) groups is 1. The Labute approximate surface area is 113 Å². The zero-order valence-corrected chi connectivity index (χ0v) is 11.2. The third-order valence-electron chi connectivity index (χ3n) is 2.51. The SMILES string of the molecule is CSc1nc(NC(=O)C(N)C(C)O)c2[nH]cnc2n1. The molecule has 0 bridgehead atoms. The zero-order valence-electron chi connectivity index (χ0n) is 10.4. The number of aliphatic hydroxyl groups is 1. The van der Waals surface area contributed by atoms with E-state index in [2.05, 4.69) is 25.3 Å². The molecule has 2 aromatic heterocycles. The first-order valence-corrected chi connectivity index (χ1v) is 6.75. The van der Waals surface area contributed by atoms with Gasteiger partial charge in [0.1, 0.15) is 11.6 Å². The van der Waals surface area contributed by atoms with Crippen LogP contribution in [0.3, 0.4) is 0 Å². The van der Waals surface area contributed by atoms with Crippen molar-refractivity contribution >= 4 is 34.7 Å². The topological polar surface area (TPSA) is 130 Å². The van der Waals surface area contributed by atoms with Gasteiger partial charge in [0.25, 0.3) is 0 Å². The summed E-state index contributed by atoms with van der Waals surface area (Å²) in [5.41, 5.74) is 6.54. The van der Waals surface area contributed by atoms with Gasteiger partial charge < -0.3 is 21.1 Å². The number of aliphatic hydroxyl groups excluding tert-OH is 1. The lowest BCUT2D eigenvalue weighted by atomic mass is 10.2. The average Bonchev–Trinajstić information content (AvgIpc) is 2.85. The van der Waals surface area contributed by atoms with Gasteiger partial charge in [0.05, 0.1) is 12.4 Å². The van der Waals surface area contributed by atoms with Crippen molar-refractivity contribution in [2.24, 2.45) is 5.73 Å². The van der Waals surface area contributed by atoms with Crippen molar-refractivity contribution in [1.82, 2.24) is 19.9 Å². The van der Waals surface area contributed by atoms with Gasteiger partial charge in [-0.3, -0.25) is 4.79 Å². The third-order valence-corrected chi connectivity index (χ3v) is 3.06. The first kappa shape index (κ1) is 13.7. The Morgan fingerprint density at radius 2 is 2.32 bits per heavy atom. The van der Waals surface area contributed by atoms with Crippen LogP contribution >= 0.6 is 11.8 Å². The number of anilines is 1. The Morgan fingerprint density at radius 3 is 2.95 bits per heavy atom. The molecule has 19 heavy (non-hydrogen) atoms. The van der Waals surface area contributed by atoms with Crippen molar-refractivity contribution in [2.75, 3.05) is 11.6 Å². The maximum Gasteiger partial charge on any atom is 0.245 e. The average molecular weight is 282 g/mol. The first-order chi connectivity index (χ1) is 9.02. The van der Waals surface area contributed by atoms with Crippen molar-refractivity contribution in [3.05, 3.63) is 6.33 Å². The number of nitrogens with zero attached hydrogens (tertiary/aromatic N) is 3. The van der Waals surface area contributed by atoms with Crippen LogP contribution in [-0.2, 0) is 4.79 Å². The van der Waals surface area contributed by atoms with Crippen LogP contribution in [-0.4, -0.2) is 49.4 Å². The number of nitrogens with two attached hydrogens (primary N) is 1. The highest BCUT2D eigenvalue weighted by atomic mass is 32.2. The van der Waals surface area contributed by atoms with Crippen molar-refractivity contribution in [1.29, 1.82) is 0 Å². The predicted molar refractivity (Wildman–Crippen MR) is 71.8 cm³/mol. The molecule has 2 atom stereocenters. The molecule has 5 N–H and O–H groups in total. The van der Waals surface area contributed by atoms with E-state index in [9.17, 15) is 9.90 Å². The van der Waals surface area contributed by atoms with Crippen molar-refractivity contribution in [3.8, 4) is 0 Å². The summed E-state index contributed by atoms with van der Waals surface area (Å²) in [6, 6.07) is -1.02. The fourth-order valence-corrected chi connectivity index (χ4v) is 1.77. The van der Waals surface area contributed by atoms with Gasteiger partial charge in [-0.2, -0.15) is 0 Å². The van der Waals surface area contributed by atoms with Gasteiger partial charge in [-0.25, -0.2) is 15.0 Å². The number of H-pyrrole nitrogens is 1. The second-order valence-electron chi connectivity index (χ2n) is 3.92. The van der Waals surface area contributed by atoms with E-state index in [4.69, 9.17) is 5.73 Å². The van der Waals surface area contributed by atoms with E-state index in [-0.39, 0.29) is 0 Å². The van der Waals surface area contributed by atoms with Gasteiger partial charge in [0, 0.05) is 0 Å². The van der Waals surface area contributed by atoms with Crippen molar-refractivity contribution < 1.29 is 9.90 Å². The van der Waals surface area contributed by atoms with E-state index in [1.54, 1.807) is 0 Å². The summed E-state index contributed by atoms with van der Waals surface area (Å²) in [4.78, 5) is 27.1. The molecule has 0 aromatic carbocycles. The van der Waals surface area contributed by atoms with Crippen LogP contribution in [0, 0.1) is 0 Å². The molecule has 0 spiro atoms. The second-order valence-corrected chi connectivity index (χ2v) is 4.69. The summed E-state index contributed by atoms with van der Waals surface area (Å²) in [6.45, 7) is 1.45. The smallest absolute Gasteiger partial charge is 0.245 e. The molecule has 0 aliphatic heterocycles. The van der Waals surface area contributed by atoms with Crippen LogP contribution in [0.1, 0.15) is 6.92 Å². The zero-order chi connectivity index (χ0) is 14.0. The number of hydrogen-bond donors (Lipinski definition) is 4. The molecule has 102 valence electrons. The van der Waals surface area contributed by atoms with Gasteiger partial charge >= 0.3 is 0 Å². The molecule has 2 aromatic rings. The minimum Gasteiger partial charge on any atom is -0.391 e. The fourth-order valence-electron chi connectivity index (χ4n) is 1.41. The van der Waals surface area contributed by atoms with E-state index < -0.39 is 18.1 Å². The van der Waals surface area contributed by atoms with Gasteiger partial charge in [-0.05, 0) is 13.2 Å². The molecule has 2 heterocycles. The van der Waals surface area contributed by atoms with Crippen LogP contribution in [0.15, 0.2) is 11.5 Å². The molecule has 0 saturated carbocycles. The maximum absolute atomic E-state index is 11.8. The molecule has 0 radical (unpaired) electrons. The molecule has 0 fully saturated rings. The summed E-state index contributed by atoms with van der Waals surface area (Å²) < 4.78 is 0. The normalized spacial score (nSPS) is 14.3. The summed E-state index contributed by atoms with van der Waals surface area (Å²) in [6.07, 6.45) is 2.34. The number of rotatable bonds is 4. The number of hydrogen-bond acceptors (Lipinski definition) is 7. The van der Waals surface area contributed by atoms with Crippen LogP contribution in [0.2, 0.25) is 0 Å². The van der Waals surface area contributed by atoms with E-state index in [1.807, 2.05) is 6.26 Å². The summed E-state index contributed by atoms with van der Waals surface area (Å²) in [5.74, 6) is -0.218. The Hall–Kier alpha value is -1.71. The van der Waals surface area contributed by atoms with E-state index in [0.29, 0.717) is 22.1 Å². The van der Waals surface area contributed by atoms with Crippen molar-refractivity contribution in [2.45, 2.75) is 24.2 Å². The molecule has 0 saturated heterocycles.